The number of rotatable bonds is 4. The van der Waals surface area contributed by atoms with E-state index in [0.29, 0.717) is 17.5 Å². The summed E-state index contributed by atoms with van der Waals surface area (Å²) in [7, 11) is 0. The Kier molecular flexibility index (Phi) is 5.64. The highest BCUT2D eigenvalue weighted by atomic mass is 32.1. The molecule has 4 nitrogen and oxygen atoms in total. The van der Waals surface area contributed by atoms with E-state index in [4.69, 9.17) is 15.0 Å². The van der Waals surface area contributed by atoms with Gasteiger partial charge >= 0.3 is 0 Å². The summed E-state index contributed by atoms with van der Waals surface area (Å²) in [5, 5.41) is 4.96. The molecule has 0 fully saturated rings. The molecule has 0 radical (unpaired) electrons. The van der Waals surface area contributed by atoms with E-state index in [1.165, 1.54) is 47.7 Å². The zero-order valence-electron chi connectivity index (χ0n) is 23.6. The van der Waals surface area contributed by atoms with Gasteiger partial charge in [-0.25, -0.2) is 15.0 Å². The predicted molar refractivity (Wildman–Crippen MR) is 183 cm³/mol. The van der Waals surface area contributed by atoms with Crippen LogP contribution in [0.3, 0.4) is 0 Å². The molecule has 0 unspecified atom stereocenters. The minimum Gasteiger partial charge on any atom is -0.308 e. The van der Waals surface area contributed by atoms with Crippen molar-refractivity contribution in [2.24, 2.45) is 0 Å². The molecule has 0 bridgehead atoms. The molecule has 9 rings (SSSR count). The quantitative estimate of drug-likeness (QED) is 0.208. The van der Waals surface area contributed by atoms with Gasteiger partial charge in [0.2, 0.25) is 0 Å². The van der Waals surface area contributed by atoms with Gasteiger partial charge in [-0.05, 0) is 36.4 Å². The first-order valence-electron chi connectivity index (χ1n) is 14.6. The fourth-order valence-electron chi connectivity index (χ4n) is 6.22. The van der Waals surface area contributed by atoms with Crippen LogP contribution in [0.4, 0.5) is 0 Å². The van der Waals surface area contributed by atoms with E-state index in [1.807, 2.05) is 72.0 Å². The zero-order chi connectivity index (χ0) is 29.0. The number of thiophene rings is 1. The van der Waals surface area contributed by atoms with E-state index in [1.54, 1.807) is 0 Å². The normalized spacial score (nSPS) is 11.6. The monoisotopic (exact) mass is 580 g/mol. The highest BCUT2D eigenvalue weighted by Gasteiger charge is 2.18. The average Bonchev–Trinajstić information content (AvgIpc) is 3.64. The molecule has 0 aliphatic rings. The lowest BCUT2D eigenvalue weighted by molar-refractivity contribution is 1.07. The molecule has 0 saturated heterocycles. The van der Waals surface area contributed by atoms with Gasteiger partial charge in [-0.1, -0.05) is 109 Å². The molecule has 6 aromatic carbocycles. The predicted octanol–water partition coefficient (Wildman–Crippen LogP) is 10.3. The van der Waals surface area contributed by atoms with Gasteiger partial charge in [-0.15, -0.1) is 11.3 Å². The Labute approximate surface area is 257 Å². The fourth-order valence-corrected chi connectivity index (χ4v) is 7.41. The maximum Gasteiger partial charge on any atom is 0.164 e. The van der Waals surface area contributed by atoms with Crippen LogP contribution < -0.4 is 0 Å². The van der Waals surface area contributed by atoms with Crippen LogP contribution >= 0.6 is 11.3 Å². The van der Waals surface area contributed by atoms with Gasteiger partial charge in [-0.2, -0.15) is 0 Å². The molecular formula is C39H24N4S. The number of aromatic nitrogens is 4. The van der Waals surface area contributed by atoms with Crippen LogP contribution in [0.5, 0.6) is 0 Å². The van der Waals surface area contributed by atoms with E-state index < -0.39 is 0 Å². The summed E-state index contributed by atoms with van der Waals surface area (Å²) in [6.45, 7) is 0. The molecule has 9 aromatic rings. The molecule has 3 heterocycles. The van der Waals surface area contributed by atoms with Crippen molar-refractivity contribution < 1.29 is 0 Å². The number of hydrogen-bond acceptors (Lipinski definition) is 4. The molecule has 0 amide bonds. The topological polar surface area (TPSA) is 43.6 Å². The standard InChI is InChI=1S/C39H24N4S/c1-3-12-25(13-4-1)37-40-38(26-14-5-2-6-15-26)42-39(41-37)27-22-23-35-31(24-27)30-18-11-21-34(36(30)44-35)43-32-19-9-7-16-28(32)29-17-8-10-20-33(29)43/h1-24H. The van der Waals surface area contributed by atoms with Crippen LogP contribution in [0.1, 0.15) is 0 Å². The highest BCUT2D eigenvalue weighted by Crippen LogP contribution is 2.41. The van der Waals surface area contributed by atoms with E-state index in [-0.39, 0.29) is 0 Å². The van der Waals surface area contributed by atoms with Crippen molar-refractivity contribution in [1.82, 2.24) is 19.5 Å². The summed E-state index contributed by atoms with van der Waals surface area (Å²) < 4.78 is 4.91. The first kappa shape index (κ1) is 24.9. The van der Waals surface area contributed by atoms with Crippen LogP contribution in [0.15, 0.2) is 146 Å². The Morgan fingerprint density at radius 3 is 1.55 bits per heavy atom. The summed E-state index contributed by atoms with van der Waals surface area (Å²) in [6.07, 6.45) is 0. The fraction of sp³-hybridized carbons (Fsp3) is 0. The number of hydrogen-bond donors (Lipinski definition) is 0. The molecule has 0 N–H and O–H groups in total. The minimum absolute atomic E-state index is 0.664. The van der Waals surface area contributed by atoms with E-state index in [2.05, 4.69) is 89.5 Å². The summed E-state index contributed by atoms with van der Waals surface area (Å²) in [5.41, 5.74) is 6.52. The van der Waals surface area contributed by atoms with Crippen molar-refractivity contribution in [3.8, 4) is 39.9 Å². The van der Waals surface area contributed by atoms with Gasteiger partial charge in [0.05, 0.1) is 21.4 Å². The third kappa shape index (κ3) is 3.94. The molecule has 44 heavy (non-hydrogen) atoms. The van der Waals surface area contributed by atoms with Crippen molar-refractivity contribution in [3.05, 3.63) is 146 Å². The van der Waals surface area contributed by atoms with Crippen LogP contribution in [0.25, 0.3) is 81.8 Å². The largest absolute Gasteiger partial charge is 0.308 e. The average molecular weight is 581 g/mol. The minimum atomic E-state index is 0.664. The van der Waals surface area contributed by atoms with Crippen molar-refractivity contribution in [2.45, 2.75) is 0 Å². The highest BCUT2D eigenvalue weighted by molar-refractivity contribution is 7.26. The smallest absolute Gasteiger partial charge is 0.164 e. The second kappa shape index (κ2) is 9.97. The maximum absolute atomic E-state index is 4.97. The number of para-hydroxylation sites is 2. The van der Waals surface area contributed by atoms with Crippen molar-refractivity contribution >= 4 is 53.3 Å². The second-order valence-corrected chi connectivity index (χ2v) is 11.9. The lowest BCUT2D eigenvalue weighted by Crippen LogP contribution is -2.00. The Morgan fingerprint density at radius 1 is 0.409 bits per heavy atom. The molecular weight excluding hydrogens is 557 g/mol. The van der Waals surface area contributed by atoms with E-state index in [0.717, 1.165) is 16.7 Å². The lowest BCUT2D eigenvalue weighted by Gasteiger charge is -2.09. The van der Waals surface area contributed by atoms with Gasteiger partial charge in [0, 0.05) is 42.9 Å². The van der Waals surface area contributed by atoms with Gasteiger partial charge in [-0.3, -0.25) is 0 Å². The van der Waals surface area contributed by atoms with Crippen molar-refractivity contribution in [1.29, 1.82) is 0 Å². The van der Waals surface area contributed by atoms with Crippen molar-refractivity contribution in [3.63, 3.8) is 0 Å². The molecule has 0 atom stereocenters. The Balaban J connectivity index is 1.26. The van der Waals surface area contributed by atoms with Gasteiger partial charge < -0.3 is 4.57 Å². The molecule has 0 spiro atoms. The summed E-state index contributed by atoms with van der Waals surface area (Å²) >= 11 is 1.83. The van der Waals surface area contributed by atoms with Crippen LogP contribution in [0, 0.1) is 0 Å². The molecule has 0 aliphatic carbocycles. The lowest BCUT2D eigenvalue weighted by atomic mass is 10.1. The summed E-state index contributed by atoms with van der Waals surface area (Å²) in [6, 6.07) is 50.8. The van der Waals surface area contributed by atoms with Gasteiger partial charge in [0.25, 0.3) is 0 Å². The van der Waals surface area contributed by atoms with Crippen LogP contribution in [0.2, 0.25) is 0 Å². The van der Waals surface area contributed by atoms with E-state index >= 15 is 0 Å². The Bertz CT molecular complexity index is 2380. The Morgan fingerprint density at radius 2 is 0.932 bits per heavy atom. The van der Waals surface area contributed by atoms with Crippen LogP contribution in [-0.2, 0) is 0 Å². The summed E-state index contributed by atoms with van der Waals surface area (Å²) in [4.78, 5) is 14.8. The first-order chi connectivity index (χ1) is 21.8. The molecule has 206 valence electrons. The van der Waals surface area contributed by atoms with Gasteiger partial charge in [0.1, 0.15) is 0 Å². The molecule has 3 aromatic heterocycles. The number of nitrogens with zero attached hydrogens (tertiary/aromatic N) is 4. The first-order valence-corrected chi connectivity index (χ1v) is 15.4. The van der Waals surface area contributed by atoms with E-state index in [9.17, 15) is 0 Å². The molecule has 5 heteroatoms. The number of fused-ring (bicyclic) bond motifs is 6. The number of benzene rings is 6. The Hall–Kier alpha value is -5.65. The molecule has 0 saturated carbocycles. The third-order valence-electron chi connectivity index (χ3n) is 8.25. The molecule has 0 aliphatic heterocycles. The zero-order valence-corrected chi connectivity index (χ0v) is 24.4. The SMILES string of the molecule is c1ccc(-c2nc(-c3ccccc3)nc(-c3ccc4sc5c(-n6c7ccccc7c7ccccc76)cccc5c4c3)n2)cc1. The van der Waals surface area contributed by atoms with Crippen molar-refractivity contribution in [2.75, 3.05) is 0 Å². The summed E-state index contributed by atoms with van der Waals surface area (Å²) in [5.74, 6) is 1.99. The second-order valence-electron chi connectivity index (χ2n) is 10.9. The third-order valence-corrected chi connectivity index (χ3v) is 9.46. The van der Waals surface area contributed by atoms with Gasteiger partial charge in [0.15, 0.2) is 17.5 Å². The van der Waals surface area contributed by atoms with Crippen LogP contribution in [-0.4, -0.2) is 19.5 Å². The maximum atomic E-state index is 4.97.